The summed E-state index contributed by atoms with van der Waals surface area (Å²) in [6, 6.07) is 3.69. The summed E-state index contributed by atoms with van der Waals surface area (Å²) < 4.78 is 101. The molecule has 2 aromatic rings. The van der Waals surface area contributed by atoms with Gasteiger partial charge in [-0.1, -0.05) is 0 Å². The van der Waals surface area contributed by atoms with Gasteiger partial charge in [0.2, 0.25) is 0 Å². The molecule has 0 N–H and O–H groups in total. The second-order valence-corrected chi connectivity index (χ2v) is 15.5. The number of hydrogen-bond acceptors (Lipinski definition) is 7. The van der Waals surface area contributed by atoms with Gasteiger partial charge in [0.25, 0.3) is 0 Å². The molecule has 0 saturated heterocycles. The van der Waals surface area contributed by atoms with Gasteiger partial charge in [-0.2, -0.15) is 0 Å². The van der Waals surface area contributed by atoms with Crippen LogP contribution in [0.5, 0.6) is 0 Å². The van der Waals surface area contributed by atoms with Crippen LogP contribution in [0.1, 0.15) is 0 Å². The molecule has 0 spiro atoms. The Kier molecular flexibility index (Phi) is 5.25. The third-order valence-corrected chi connectivity index (χ3v) is 15.6. The van der Waals surface area contributed by atoms with Crippen LogP contribution in [-0.2, 0) is 12.7 Å². The van der Waals surface area contributed by atoms with Crippen molar-refractivity contribution in [3.63, 3.8) is 0 Å². The third kappa shape index (κ3) is 3.50. The number of benzene rings is 2. The summed E-state index contributed by atoms with van der Waals surface area (Å²) >= 11 is -7.25. The summed E-state index contributed by atoms with van der Waals surface area (Å²) in [6.45, 7) is 0. The fourth-order valence-corrected chi connectivity index (χ4v) is 14.8. The molecule has 9 nitrogen and oxygen atoms in total. The van der Waals surface area contributed by atoms with Crippen LogP contribution in [0, 0.1) is 20.2 Å². The van der Waals surface area contributed by atoms with Gasteiger partial charge in [0.05, 0.1) is 0 Å². The van der Waals surface area contributed by atoms with Crippen molar-refractivity contribution in [2.24, 2.45) is 0 Å². The monoisotopic (exact) mass is 590 g/mol. The van der Waals surface area contributed by atoms with Gasteiger partial charge >= 0.3 is 172 Å². The Labute approximate surface area is 172 Å². The van der Waals surface area contributed by atoms with Gasteiger partial charge in [-0.25, -0.2) is 0 Å². The first-order valence-corrected chi connectivity index (χ1v) is 13.4. The predicted octanol–water partition coefficient (Wildman–Crippen LogP) is 2.51. The molecule has 0 bridgehead atoms. The zero-order valence-corrected chi connectivity index (χ0v) is 17.4. The summed E-state index contributed by atoms with van der Waals surface area (Å²) in [7, 11) is -6.85. The average molecular weight is 588 g/mol. The van der Waals surface area contributed by atoms with E-state index in [9.17, 15) is 55.0 Å². The maximum absolute atomic E-state index is 14.3. The molecule has 0 aliphatic carbocycles. The van der Waals surface area contributed by atoms with Gasteiger partial charge in [-0.05, 0) is 0 Å². The number of alkyl halides is 6. The summed E-state index contributed by atoms with van der Waals surface area (Å²) in [5.41, 5.74) is -9.11. The fourth-order valence-electron chi connectivity index (χ4n) is 2.82. The second kappa shape index (κ2) is 7.02. The summed E-state index contributed by atoms with van der Waals surface area (Å²) in [6.07, 6.45) is 0. The van der Waals surface area contributed by atoms with E-state index in [0.717, 1.165) is 24.3 Å². The molecule has 0 saturated carbocycles. The van der Waals surface area contributed by atoms with Crippen LogP contribution >= 0.6 is 0 Å². The Morgan fingerprint density at radius 3 is 1.48 bits per heavy atom. The average Bonchev–Trinajstić information content (AvgIpc) is 2.90. The second-order valence-electron chi connectivity index (χ2n) is 5.84. The minimum absolute atomic E-state index is 0.293. The number of non-ortho nitro benzene ring substituents is 2. The quantitative estimate of drug-likeness (QED) is 0.177. The molecule has 31 heavy (non-hydrogen) atoms. The Morgan fingerprint density at radius 2 is 1.19 bits per heavy atom. The van der Waals surface area contributed by atoms with Crippen LogP contribution in [0.15, 0.2) is 36.4 Å². The van der Waals surface area contributed by atoms with Crippen molar-refractivity contribution in [3.8, 4) is 11.1 Å². The molecule has 17 heteroatoms. The first-order chi connectivity index (χ1) is 14.0. The molecule has 0 radical (unpaired) electrons. The van der Waals surface area contributed by atoms with Crippen molar-refractivity contribution < 1.29 is 47.2 Å². The fraction of sp³-hybridized carbons (Fsp3) is 0.143. The van der Waals surface area contributed by atoms with E-state index < -0.39 is 78.0 Å². The summed E-state index contributed by atoms with van der Waals surface area (Å²) in [5, 5.41) is 22.1. The van der Waals surface area contributed by atoms with Gasteiger partial charge in [0, 0.05) is 0 Å². The van der Waals surface area contributed by atoms with Crippen LogP contribution in [0.3, 0.4) is 0 Å². The van der Waals surface area contributed by atoms with Crippen LogP contribution in [0.2, 0.25) is 0 Å². The zero-order valence-electron chi connectivity index (χ0n) is 14.3. The first-order valence-electron chi connectivity index (χ1n) is 7.52. The number of nitro benzene ring substituents is 2. The maximum atomic E-state index is 14.3. The molecule has 1 heterocycles. The minimum atomic E-state index is -7.25. The molecule has 0 amide bonds. The van der Waals surface area contributed by atoms with Gasteiger partial charge in [0.1, 0.15) is 0 Å². The molecule has 3 rings (SSSR count). The zero-order chi connectivity index (χ0) is 23.6. The number of nitro groups is 2. The molecule has 2 aromatic carbocycles. The topological polar surface area (TPSA) is 130 Å². The van der Waals surface area contributed by atoms with Crippen LogP contribution in [-0.4, -0.2) is 46.6 Å². The number of rotatable bonds is 4. The first kappa shape index (κ1) is 23.2. The van der Waals surface area contributed by atoms with E-state index in [1.54, 1.807) is 0 Å². The SMILES string of the molecule is O=[N+]([O-])c1ccc2c(c1)[Te](OS(=O)(=O)C(F)(F)F)(C(F)(F)F)c1cc([N+](=O)[O-])ccc1-2. The predicted molar refractivity (Wildman–Crippen MR) is 92.3 cm³/mol. The van der Waals surface area contributed by atoms with E-state index in [-0.39, 0.29) is 0 Å². The molecule has 168 valence electrons. The Balaban J connectivity index is 2.49. The normalized spacial score (nSPS) is 16.3. The van der Waals surface area contributed by atoms with E-state index in [1.807, 2.05) is 0 Å². The summed E-state index contributed by atoms with van der Waals surface area (Å²) in [4.78, 5) is 19.8. The van der Waals surface area contributed by atoms with E-state index in [2.05, 4.69) is 2.55 Å². The van der Waals surface area contributed by atoms with Crippen molar-refractivity contribution in [1.29, 1.82) is 0 Å². The van der Waals surface area contributed by atoms with Crippen molar-refractivity contribution in [2.45, 2.75) is 9.73 Å². The van der Waals surface area contributed by atoms with Crippen LogP contribution in [0.25, 0.3) is 11.1 Å². The van der Waals surface area contributed by atoms with Crippen molar-refractivity contribution in [2.75, 3.05) is 0 Å². The molecule has 0 fully saturated rings. The third-order valence-electron chi connectivity index (χ3n) is 4.06. The molecule has 1 aliphatic heterocycles. The van der Waals surface area contributed by atoms with Crippen LogP contribution < -0.4 is 7.22 Å². The Bertz CT molecular complexity index is 1170. The molecule has 0 aromatic heterocycles. The van der Waals surface area contributed by atoms with Crippen molar-refractivity contribution in [1.82, 2.24) is 0 Å². The van der Waals surface area contributed by atoms with E-state index >= 15 is 0 Å². The van der Waals surface area contributed by atoms with E-state index in [4.69, 9.17) is 0 Å². The molecule has 0 unspecified atom stereocenters. The van der Waals surface area contributed by atoms with Crippen molar-refractivity contribution in [3.05, 3.63) is 56.6 Å². The Hall–Kier alpha value is -2.48. The number of fused-ring (bicyclic) bond motifs is 3. The van der Waals surface area contributed by atoms with Crippen LogP contribution in [0.4, 0.5) is 37.7 Å². The van der Waals surface area contributed by atoms with Gasteiger partial charge < -0.3 is 0 Å². The van der Waals surface area contributed by atoms with E-state index in [1.165, 1.54) is 0 Å². The van der Waals surface area contributed by atoms with Gasteiger partial charge in [0.15, 0.2) is 0 Å². The van der Waals surface area contributed by atoms with Gasteiger partial charge in [-0.15, -0.1) is 0 Å². The molecular formula is C14H6F6N2O7STe. The molecule has 0 atom stereocenters. The van der Waals surface area contributed by atoms with E-state index in [0.29, 0.717) is 12.1 Å². The standard InChI is InChI=1S/C14H6F6N2O7STe/c15-13(16,17)30(27,28)29-31(14(18,19)20)11-5-7(21(23)24)1-3-9(11)10-4-2-8(22(25)26)6-12(10)31/h1-6H. The summed E-state index contributed by atoms with van der Waals surface area (Å²) in [5.74, 6) is 0. The number of hydrogen-bond donors (Lipinski definition) is 0. The number of halogens is 6. The molecule has 1 aliphatic rings. The van der Waals surface area contributed by atoms with Crippen molar-refractivity contribution >= 4 is 47.3 Å². The van der Waals surface area contributed by atoms with Gasteiger partial charge in [-0.3, -0.25) is 0 Å². The molecular weight excluding hydrogens is 582 g/mol. The number of nitrogens with zero attached hydrogens (tertiary/aromatic N) is 2. The Morgan fingerprint density at radius 1 is 0.806 bits per heavy atom.